The third-order valence-corrected chi connectivity index (χ3v) is 5.45. The zero-order chi connectivity index (χ0) is 22.0. The Bertz CT molecular complexity index is 1090. The smallest absolute Gasteiger partial charge is 0.370 e. The van der Waals surface area contributed by atoms with E-state index >= 15 is 0 Å². The van der Waals surface area contributed by atoms with Gasteiger partial charge in [0.1, 0.15) is 11.9 Å². The quantitative estimate of drug-likeness (QED) is 0.507. The van der Waals surface area contributed by atoms with Crippen molar-refractivity contribution in [2.75, 3.05) is 26.7 Å². The van der Waals surface area contributed by atoms with Crippen LogP contribution in [0.2, 0.25) is 0 Å². The van der Waals surface area contributed by atoms with Gasteiger partial charge in [-0.1, -0.05) is 24.3 Å². The number of hydrogen-bond acceptors (Lipinski definition) is 3. The first kappa shape index (κ1) is 21.2. The Hall–Kier alpha value is -3.07. The van der Waals surface area contributed by atoms with Crippen LogP contribution in [0.1, 0.15) is 23.1 Å². The van der Waals surface area contributed by atoms with Crippen molar-refractivity contribution in [3.05, 3.63) is 65.5 Å². The van der Waals surface area contributed by atoms with Crippen LogP contribution in [0.4, 0.5) is 13.2 Å². The highest BCUT2D eigenvalue weighted by Gasteiger charge is 2.32. The van der Waals surface area contributed by atoms with E-state index in [0.29, 0.717) is 37.8 Å². The lowest BCUT2D eigenvalue weighted by Crippen LogP contribution is -2.48. The molecule has 0 radical (unpaired) electrons. The number of morpholine rings is 1. The lowest BCUT2D eigenvalue weighted by molar-refractivity contribution is -0.137. The number of aromatic nitrogens is 2. The van der Waals surface area contributed by atoms with Crippen LogP contribution in [0, 0.1) is 0 Å². The second-order valence-electron chi connectivity index (χ2n) is 7.41. The number of hydrogen-bond donors (Lipinski definition) is 1. The van der Waals surface area contributed by atoms with Crippen LogP contribution >= 0.6 is 0 Å². The number of benzene rings is 2. The molecule has 31 heavy (non-hydrogen) atoms. The number of alkyl halides is 3. The monoisotopic (exact) mass is 431 g/mol. The number of para-hydroxylation sites is 2. The summed E-state index contributed by atoms with van der Waals surface area (Å²) in [4.78, 5) is 11.0. The van der Waals surface area contributed by atoms with Crippen LogP contribution in [0.3, 0.4) is 0 Å². The zero-order valence-electron chi connectivity index (χ0n) is 17.4. The molecule has 2 aromatic carbocycles. The molecule has 0 bridgehead atoms. The second kappa shape index (κ2) is 8.58. The maximum absolute atomic E-state index is 13.1. The fraction of sp³-hybridized carbons (Fsp3) is 0.364. The minimum atomic E-state index is -4.38. The van der Waals surface area contributed by atoms with Gasteiger partial charge in [-0.2, -0.15) is 13.2 Å². The number of nitrogens with zero attached hydrogens (tertiary/aromatic N) is 4. The van der Waals surface area contributed by atoms with Gasteiger partial charge >= 0.3 is 6.18 Å². The molecule has 164 valence electrons. The summed E-state index contributed by atoms with van der Waals surface area (Å²) in [5, 5.41) is 3.32. The molecule has 0 spiro atoms. The summed E-state index contributed by atoms with van der Waals surface area (Å²) in [6.45, 7) is 1.87. The number of guanidine groups is 1. The van der Waals surface area contributed by atoms with E-state index in [-0.39, 0.29) is 0 Å². The molecule has 1 atom stereocenters. The molecule has 4 rings (SSSR count). The molecule has 0 saturated carbocycles. The predicted molar refractivity (Wildman–Crippen MR) is 113 cm³/mol. The van der Waals surface area contributed by atoms with Crippen LogP contribution < -0.4 is 5.32 Å². The summed E-state index contributed by atoms with van der Waals surface area (Å²) in [7, 11) is 3.65. The SMILES string of the molecule is CN=C(NCc1nc2ccccc2n1C)N1CCOC(c2cccc(C(F)(F)F)c2)C1. The van der Waals surface area contributed by atoms with Crippen molar-refractivity contribution in [3.8, 4) is 0 Å². The van der Waals surface area contributed by atoms with Gasteiger partial charge in [0.15, 0.2) is 5.96 Å². The van der Waals surface area contributed by atoms with Gasteiger partial charge in [-0.15, -0.1) is 0 Å². The van der Waals surface area contributed by atoms with Gasteiger partial charge in [-0.3, -0.25) is 4.99 Å². The van der Waals surface area contributed by atoms with Crippen molar-refractivity contribution >= 4 is 17.0 Å². The molecule has 1 fully saturated rings. The number of imidazole rings is 1. The molecule has 1 unspecified atom stereocenters. The van der Waals surface area contributed by atoms with Gasteiger partial charge in [-0.05, 0) is 29.8 Å². The Labute approximate surface area is 178 Å². The zero-order valence-corrected chi connectivity index (χ0v) is 17.4. The average molecular weight is 431 g/mol. The number of aliphatic imine (C=N–C) groups is 1. The van der Waals surface area contributed by atoms with E-state index in [1.54, 1.807) is 13.1 Å². The van der Waals surface area contributed by atoms with Crippen LogP contribution in [0.5, 0.6) is 0 Å². The van der Waals surface area contributed by atoms with Crippen molar-refractivity contribution in [1.82, 2.24) is 19.8 Å². The maximum atomic E-state index is 13.1. The average Bonchev–Trinajstić information content (AvgIpc) is 3.10. The van der Waals surface area contributed by atoms with E-state index in [1.165, 1.54) is 6.07 Å². The molecule has 2 heterocycles. The molecule has 0 aliphatic carbocycles. The molecule has 1 N–H and O–H groups in total. The number of nitrogens with one attached hydrogen (secondary N) is 1. The lowest BCUT2D eigenvalue weighted by atomic mass is 10.0. The van der Waals surface area contributed by atoms with E-state index in [9.17, 15) is 13.2 Å². The van der Waals surface area contributed by atoms with Crippen LogP contribution in [-0.4, -0.2) is 47.2 Å². The number of aryl methyl sites for hydroxylation is 1. The lowest BCUT2D eigenvalue weighted by Gasteiger charge is -2.35. The molecule has 1 aliphatic rings. The van der Waals surface area contributed by atoms with Crippen molar-refractivity contribution < 1.29 is 17.9 Å². The van der Waals surface area contributed by atoms with Crippen molar-refractivity contribution in [1.29, 1.82) is 0 Å². The van der Waals surface area contributed by atoms with Crippen molar-refractivity contribution in [3.63, 3.8) is 0 Å². The highest BCUT2D eigenvalue weighted by atomic mass is 19.4. The first-order valence-electron chi connectivity index (χ1n) is 10.0. The molecule has 3 aromatic rings. The largest absolute Gasteiger partial charge is 0.416 e. The number of fused-ring (bicyclic) bond motifs is 1. The first-order chi connectivity index (χ1) is 14.9. The Morgan fingerprint density at radius 2 is 2.03 bits per heavy atom. The Kier molecular flexibility index (Phi) is 5.86. The summed E-state index contributed by atoms with van der Waals surface area (Å²) in [6, 6.07) is 13.2. The molecular formula is C22H24F3N5O. The number of rotatable bonds is 3. The molecular weight excluding hydrogens is 407 g/mol. The molecule has 0 amide bonds. The van der Waals surface area contributed by atoms with Gasteiger partial charge in [0.05, 0.1) is 36.3 Å². The Morgan fingerprint density at radius 3 is 2.77 bits per heavy atom. The highest BCUT2D eigenvalue weighted by Crippen LogP contribution is 2.32. The van der Waals surface area contributed by atoms with Crippen molar-refractivity contribution in [2.24, 2.45) is 12.0 Å². The van der Waals surface area contributed by atoms with E-state index in [2.05, 4.69) is 15.3 Å². The van der Waals surface area contributed by atoms with Crippen molar-refractivity contribution in [2.45, 2.75) is 18.8 Å². The summed E-state index contributed by atoms with van der Waals surface area (Å²) < 4.78 is 47.0. The highest BCUT2D eigenvalue weighted by molar-refractivity contribution is 5.80. The molecule has 6 nitrogen and oxygen atoms in total. The van der Waals surface area contributed by atoms with Gasteiger partial charge in [-0.25, -0.2) is 4.98 Å². The molecule has 9 heteroatoms. The topological polar surface area (TPSA) is 54.7 Å². The van der Waals surface area contributed by atoms with Gasteiger partial charge in [0.25, 0.3) is 0 Å². The van der Waals surface area contributed by atoms with Crippen LogP contribution in [0.15, 0.2) is 53.5 Å². The summed E-state index contributed by atoms with van der Waals surface area (Å²) in [6.07, 6.45) is -4.85. The first-order valence-corrected chi connectivity index (χ1v) is 10.0. The van der Waals surface area contributed by atoms with Gasteiger partial charge < -0.3 is 19.5 Å². The van der Waals surface area contributed by atoms with E-state index in [0.717, 1.165) is 29.0 Å². The standard InChI is InChI=1S/C22H24F3N5O/c1-26-21(27-13-20-28-17-8-3-4-9-18(17)29(20)2)30-10-11-31-19(14-30)15-6-5-7-16(12-15)22(23,24)25/h3-9,12,19H,10-11,13-14H2,1-2H3,(H,26,27). The van der Waals surface area contributed by atoms with Crippen LogP contribution in [-0.2, 0) is 24.5 Å². The predicted octanol–water partition coefficient (Wildman–Crippen LogP) is 3.74. The summed E-state index contributed by atoms with van der Waals surface area (Å²) >= 11 is 0. The van der Waals surface area contributed by atoms with E-state index < -0.39 is 17.8 Å². The third-order valence-electron chi connectivity index (χ3n) is 5.45. The molecule has 1 saturated heterocycles. The van der Waals surface area contributed by atoms with E-state index in [4.69, 9.17) is 4.74 Å². The molecule has 1 aromatic heterocycles. The maximum Gasteiger partial charge on any atom is 0.416 e. The summed E-state index contributed by atoms with van der Waals surface area (Å²) in [5.74, 6) is 1.53. The van der Waals surface area contributed by atoms with Gasteiger partial charge in [0, 0.05) is 20.6 Å². The number of ether oxygens (including phenoxy) is 1. The minimum absolute atomic E-state index is 0.397. The minimum Gasteiger partial charge on any atom is -0.370 e. The van der Waals surface area contributed by atoms with Gasteiger partial charge in [0.2, 0.25) is 0 Å². The normalized spacial score (nSPS) is 17.9. The number of halogens is 3. The fourth-order valence-electron chi connectivity index (χ4n) is 3.80. The van der Waals surface area contributed by atoms with Crippen LogP contribution in [0.25, 0.3) is 11.0 Å². The molecule has 1 aliphatic heterocycles. The Balaban J connectivity index is 1.46. The fourth-order valence-corrected chi connectivity index (χ4v) is 3.80. The summed E-state index contributed by atoms with van der Waals surface area (Å²) in [5.41, 5.74) is 1.80. The van der Waals surface area contributed by atoms with E-state index in [1.807, 2.05) is 40.8 Å². The Morgan fingerprint density at radius 1 is 1.23 bits per heavy atom. The second-order valence-corrected chi connectivity index (χ2v) is 7.41. The third kappa shape index (κ3) is 4.51.